The molecule has 0 bridgehead atoms. The Morgan fingerprint density at radius 3 is 2.52 bits per heavy atom. The number of carbonyl (C=O) groups excluding carboxylic acids is 1. The Hall–Kier alpha value is -2.32. The Morgan fingerprint density at radius 1 is 1.24 bits per heavy atom. The van der Waals surface area contributed by atoms with Gasteiger partial charge in [-0.05, 0) is 25.0 Å². The van der Waals surface area contributed by atoms with Crippen molar-refractivity contribution in [3.05, 3.63) is 33.9 Å². The molecule has 138 valence electrons. The molecule has 1 aliphatic rings. The number of halogens is 3. The van der Waals surface area contributed by atoms with Crippen LogP contribution in [0.25, 0.3) is 0 Å². The van der Waals surface area contributed by atoms with E-state index in [-0.39, 0.29) is 30.6 Å². The zero-order chi connectivity index (χ0) is 18.4. The minimum Gasteiger partial charge on any atom is -0.379 e. The predicted molar refractivity (Wildman–Crippen MR) is 86.2 cm³/mol. The Kier molecular flexibility index (Phi) is 6.22. The third-order valence-electron chi connectivity index (χ3n) is 4.16. The van der Waals surface area contributed by atoms with E-state index in [1.54, 1.807) is 0 Å². The van der Waals surface area contributed by atoms with Gasteiger partial charge in [-0.15, -0.1) is 0 Å². The maximum absolute atomic E-state index is 12.6. The molecule has 1 fully saturated rings. The van der Waals surface area contributed by atoms with Gasteiger partial charge >= 0.3 is 6.18 Å². The first kappa shape index (κ1) is 19.0. The van der Waals surface area contributed by atoms with Gasteiger partial charge in [0.1, 0.15) is 5.69 Å². The minimum atomic E-state index is -4.65. The van der Waals surface area contributed by atoms with Crippen LogP contribution in [0.1, 0.15) is 44.1 Å². The zero-order valence-corrected chi connectivity index (χ0v) is 13.6. The quantitative estimate of drug-likeness (QED) is 0.597. The first-order valence-corrected chi connectivity index (χ1v) is 8.16. The van der Waals surface area contributed by atoms with E-state index >= 15 is 0 Å². The molecule has 9 heteroatoms. The SMILES string of the molecule is O=C(CCNc1ccc(C(F)(F)F)cc1[N+](=O)[O-])NC1CCCCC1. The van der Waals surface area contributed by atoms with Crippen molar-refractivity contribution in [3.8, 4) is 0 Å². The molecule has 2 N–H and O–H groups in total. The van der Waals surface area contributed by atoms with Crippen molar-refractivity contribution in [3.63, 3.8) is 0 Å². The molecule has 6 nitrogen and oxygen atoms in total. The molecule has 1 aromatic rings. The molecule has 0 spiro atoms. The highest BCUT2D eigenvalue weighted by atomic mass is 19.4. The highest BCUT2D eigenvalue weighted by molar-refractivity contribution is 5.77. The second kappa shape index (κ2) is 8.17. The van der Waals surface area contributed by atoms with Gasteiger partial charge in [0.05, 0.1) is 10.5 Å². The van der Waals surface area contributed by atoms with Crippen LogP contribution < -0.4 is 10.6 Å². The van der Waals surface area contributed by atoms with Crippen LogP contribution in [-0.2, 0) is 11.0 Å². The lowest BCUT2D eigenvalue weighted by molar-refractivity contribution is -0.384. The Bertz CT molecular complexity index is 629. The Balaban J connectivity index is 1.91. The fraction of sp³-hybridized carbons (Fsp3) is 0.562. The number of anilines is 1. The van der Waals surface area contributed by atoms with Crippen molar-refractivity contribution >= 4 is 17.3 Å². The van der Waals surface area contributed by atoms with Gasteiger partial charge in [0.25, 0.3) is 5.69 Å². The summed E-state index contributed by atoms with van der Waals surface area (Å²) in [5.74, 6) is -0.172. The van der Waals surface area contributed by atoms with Crippen LogP contribution >= 0.6 is 0 Å². The molecule has 25 heavy (non-hydrogen) atoms. The number of nitrogens with one attached hydrogen (secondary N) is 2. The first-order valence-electron chi connectivity index (χ1n) is 8.16. The van der Waals surface area contributed by atoms with Gasteiger partial charge in [0, 0.05) is 25.1 Å². The van der Waals surface area contributed by atoms with Crippen molar-refractivity contribution in [1.82, 2.24) is 5.32 Å². The lowest BCUT2D eigenvalue weighted by Crippen LogP contribution is -2.36. The molecule has 0 atom stereocenters. The molecule has 2 rings (SSSR count). The largest absolute Gasteiger partial charge is 0.416 e. The van der Waals surface area contributed by atoms with Crippen LogP contribution in [0.2, 0.25) is 0 Å². The second-order valence-electron chi connectivity index (χ2n) is 6.07. The summed E-state index contributed by atoms with van der Waals surface area (Å²) < 4.78 is 37.9. The van der Waals surface area contributed by atoms with Crippen molar-refractivity contribution in [2.24, 2.45) is 0 Å². The minimum absolute atomic E-state index is 0.0385. The molecule has 1 aromatic carbocycles. The fourth-order valence-corrected chi connectivity index (χ4v) is 2.87. The topological polar surface area (TPSA) is 84.3 Å². The number of nitro groups is 1. The Labute approximate surface area is 142 Å². The lowest BCUT2D eigenvalue weighted by Gasteiger charge is -2.22. The van der Waals surface area contributed by atoms with Crippen LogP contribution in [0.5, 0.6) is 0 Å². The van der Waals surface area contributed by atoms with Crippen LogP contribution in [0.3, 0.4) is 0 Å². The summed E-state index contributed by atoms with van der Waals surface area (Å²) in [6, 6.07) is 2.45. The monoisotopic (exact) mass is 359 g/mol. The van der Waals surface area contributed by atoms with Crippen LogP contribution in [0.15, 0.2) is 18.2 Å². The number of hydrogen-bond donors (Lipinski definition) is 2. The van der Waals surface area contributed by atoms with Crippen LogP contribution in [0, 0.1) is 10.1 Å². The average molecular weight is 359 g/mol. The van der Waals surface area contributed by atoms with E-state index in [4.69, 9.17) is 0 Å². The van der Waals surface area contributed by atoms with Gasteiger partial charge in [0.2, 0.25) is 5.91 Å². The summed E-state index contributed by atoms with van der Waals surface area (Å²) in [6.45, 7) is 0.102. The summed E-state index contributed by atoms with van der Waals surface area (Å²) in [7, 11) is 0. The number of nitrogens with zero attached hydrogens (tertiary/aromatic N) is 1. The van der Waals surface area contributed by atoms with E-state index in [0.29, 0.717) is 6.07 Å². The highest BCUT2D eigenvalue weighted by Gasteiger charge is 2.33. The summed E-state index contributed by atoms with van der Waals surface area (Å²) in [5, 5.41) is 16.6. The van der Waals surface area contributed by atoms with Crippen LogP contribution in [-0.4, -0.2) is 23.4 Å². The number of nitro benzene ring substituents is 1. The predicted octanol–water partition coefficient (Wildman–Crippen LogP) is 3.86. The number of carbonyl (C=O) groups is 1. The number of alkyl halides is 3. The van der Waals surface area contributed by atoms with Crippen molar-refractivity contribution in [1.29, 1.82) is 0 Å². The van der Waals surface area contributed by atoms with Crippen molar-refractivity contribution in [2.45, 2.75) is 50.7 Å². The molecule has 0 heterocycles. The van der Waals surface area contributed by atoms with E-state index in [9.17, 15) is 28.1 Å². The molecule has 0 unspecified atom stereocenters. The molecule has 1 aliphatic carbocycles. The standard InChI is InChI=1S/C16H20F3N3O3/c17-16(18,19)11-6-7-13(14(10-11)22(24)25)20-9-8-15(23)21-12-4-2-1-3-5-12/h6-7,10,12,20H,1-5,8-9H2,(H,21,23). The fourth-order valence-electron chi connectivity index (χ4n) is 2.87. The lowest BCUT2D eigenvalue weighted by atomic mass is 9.95. The molecular weight excluding hydrogens is 339 g/mol. The number of amides is 1. The molecule has 0 radical (unpaired) electrons. The third-order valence-corrected chi connectivity index (χ3v) is 4.16. The van der Waals surface area contributed by atoms with Crippen molar-refractivity contribution in [2.75, 3.05) is 11.9 Å². The molecule has 1 saturated carbocycles. The van der Waals surface area contributed by atoms with E-state index in [1.165, 1.54) is 6.42 Å². The first-order chi connectivity index (χ1) is 11.8. The average Bonchev–Trinajstić information content (AvgIpc) is 2.54. The molecule has 0 saturated heterocycles. The van der Waals surface area contributed by atoms with Crippen molar-refractivity contribution < 1.29 is 22.9 Å². The van der Waals surface area contributed by atoms with Crippen LogP contribution in [0.4, 0.5) is 24.5 Å². The molecular formula is C16H20F3N3O3. The van der Waals surface area contributed by atoms with Gasteiger partial charge < -0.3 is 10.6 Å². The number of rotatable bonds is 6. The normalized spacial score (nSPS) is 15.6. The molecule has 0 aliphatic heterocycles. The van der Waals surface area contributed by atoms with Gasteiger partial charge in [-0.3, -0.25) is 14.9 Å². The van der Waals surface area contributed by atoms with E-state index < -0.39 is 22.4 Å². The summed E-state index contributed by atoms with van der Waals surface area (Å²) >= 11 is 0. The highest BCUT2D eigenvalue weighted by Crippen LogP contribution is 2.34. The second-order valence-corrected chi connectivity index (χ2v) is 6.07. The number of hydrogen-bond acceptors (Lipinski definition) is 4. The zero-order valence-electron chi connectivity index (χ0n) is 13.6. The van der Waals surface area contributed by atoms with E-state index in [0.717, 1.165) is 37.8 Å². The molecule has 1 amide bonds. The van der Waals surface area contributed by atoms with Gasteiger partial charge in [-0.1, -0.05) is 19.3 Å². The van der Waals surface area contributed by atoms with E-state index in [1.807, 2.05) is 0 Å². The summed E-state index contributed by atoms with van der Waals surface area (Å²) in [4.78, 5) is 22.0. The van der Waals surface area contributed by atoms with Gasteiger partial charge in [0.15, 0.2) is 0 Å². The summed E-state index contributed by atoms with van der Waals surface area (Å²) in [5.41, 5.74) is -1.79. The maximum atomic E-state index is 12.6. The Morgan fingerprint density at radius 2 is 1.92 bits per heavy atom. The summed E-state index contributed by atoms with van der Waals surface area (Å²) in [6.07, 6.45) is 0.679. The van der Waals surface area contributed by atoms with Gasteiger partial charge in [-0.2, -0.15) is 13.2 Å². The van der Waals surface area contributed by atoms with E-state index in [2.05, 4.69) is 10.6 Å². The maximum Gasteiger partial charge on any atom is 0.416 e. The molecule has 0 aromatic heterocycles. The smallest absolute Gasteiger partial charge is 0.379 e. The third kappa shape index (κ3) is 5.61. The number of benzene rings is 1. The van der Waals surface area contributed by atoms with Gasteiger partial charge in [-0.25, -0.2) is 0 Å².